The van der Waals surface area contributed by atoms with Crippen LogP contribution in [-0.4, -0.2) is 15.3 Å². The van der Waals surface area contributed by atoms with Gasteiger partial charge in [0.15, 0.2) is 0 Å². The molecule has 0 aromatic carbocycles. The Morgan fingerprint density at radius 3 is 2.62 bits per heavy atom. The summed E-state index contributed by atoms with van der Waals surface area (Å²) < 4.78 is 19.9. The van der Waals surface area contributed by atoms with Crippen molar-refractivity contribution in [3.05, 3.63) is 11.6 Å². The number of rotatable bonds is 3. The highest BCUT2D eigenvalue weighted by Gasteiger charge is 1.85. The van der Waals surface area contributed by atoms with Crippen LogP contribution in [0.15, 0.2) is 11.6 Å². The van der Waals surface area contributed by atoms with Gasteiger partial charge in [-0.3, -0.25) is 4.21 Å². The van der Waals surface area contributed by atoms with Gasteiger partial charge in [0.1, 0.15) is 0 Å². The van der Waals surface area contributed by atoms with Crippen LogP contribution < -0.4 is 5.32 Å². The molecule has 0 saturated carbocycles. The van der Waals surface area contributed by atoms with Crippen LogP contribution in [0.5, 0.6) is 0 Å². The van der Waals surface area contributed by atoms with Crippen molar-refractivity contribution in [1.82, 2.24) is 5.32 Å². The average Bonchev–Trinajstić information content (AvgIpc) is 1.67. The summed E-state index contributed by atoms with van der Waals surface area (Å²) in [4.78, 5) is 0. The molecule has 0 amide bonds. The lowest BCUT2D eigenvalue weighted by atomic mass is 10.7. The molecule has 0 aromatic rings. The Balaban J connectivity index is 3.49. The minimum Gasteiger partial charge on any atom is -0.767 e. The zero-order valence-electron chi connectivity index (χ0n) is 4.64. The van der Waals surface area contributed by atoms with Gasteiger partial charge in [-0.1, -0.05) is 6.58 Å². The van der Waals surface area contributed by atoms with Gasteiger partial charge < -0.3 is 9.87 Å². The normalized spacial score (nSPS) is 12.8. The summed E-state index contributed by atoms with van der Waals surface area (Å²) in [6.45, 7) is 5.61. The molecule has 48 valence electrons. The van der Waals surface area contributed by atoms with Gasteiger partial charge in [-0.25, -0.2) is 0 Å². The quantitative estimate of drug-likeness (QED) is 0.550. The van der Waals surface area contributed by atoms with Crippen LogP contribution in [0.1, 0.15) is 6.92 Å². The summed E-state index contributed by atoms with van der Waals surface area (Å²) in [5.41, 5.74) is 0. The largest absolute Gasteiger partial charge is 0.767 e. The third-order valence-electron chi connectivity index (χ3n) is 0.575. The Hall–Kier alpha value is -0.350. The molecule has 0 saturated heterocycles. The smallest absolute Gasteiger partial charge is 0.0781 e. The van der Waals surface area contributed by atoms with E-state index < -0.39 is 11.1 Å². The van der Waals surface area contributed by atoms with E-state index in [4.69, 9.17) is 0 Å². The van der Waals surface area contributed by atoms with E-state index in [1.54, 1.807) is 6.92 Å². The minimum atomic E-state index is -2.17. The van der Waals surface area contributed by atoms with Crippen LogP contribution in [-0.2, 0) is 11.1 Å². The first kappa shape index (κ1) is 7.65. The number of hydrogen-bond acceptors (Lipinski definition) is 3. The van der Waals surface area contributed by atoms with Crippen molar-refractivity contribution in [3.63, 3.8) is 0 Å². The first-order chi connectivity index (χ1) is 3.68. The number of nitrogens with one attached hydrogen (secondary N) is 1. The highest BCUT2D eigenvalue weighted by Crippen LogP contribution is 1.85. The van der Waals surface area contributed by atoms with Gasteiger partial charge in [0.2, 0.25) is 0 Å². The monoisotopic (exact) mass is 134 g/mol. The predicted octanol–water partition coefficient (Wildman–Crippen LogP) is -0.0538. The van der Waals surface area contributed by atoms with Crippen LogP contribution in [0.2, 0.25) is 0 Å². The lowest BCUT2D eigenvalue weighted by Gasteiger charge is -2.08. The second kappa shape index (κ2) is 3.63. The van der Waals surface area contributed by atoms with Gasteiger partial charge in [0.25, 0.3) is 0 Å². The highest BCUT2D eigenvalue weighted by atomic mass is 32.2. The van der Waals surface area contributed by atoms with Gasteiger partial charge in [0.05, 0.1) is 5.03 Å². The molecule has 0 heterocycles. The van der Waals surface area contributed by atoms with Crippen molar-refractivity contribution in [2.75, 3.05) is 6.54 Å². The fourth-order valence-electron chi connectivity index (χ4n) is 0.256. The molecule has 0 radical (unpaired) electrons. The molecule has 0 bridgehead atoms. The molecule has 0 rings (SSSR count). The van der Waals surface area contributed by atoms with E-state index in [-0.39, 0.29) is 5.03 Å². The molecular weight excluding hydrogens is 126 g/mol. The lowest BCUT2D eigenvalue weighted by Crippen LogP contribution is -2.14. The van der Waals surface area contributed by atoms with E-state index in [9.17, 15) is 8.76 Å². The molecule has 0 fully saturated rings. The van der Waals surface area contributed by atoms with Gasteiger partial charge in [-0.05, 0) is 18.0 Å². The summed E-state index contributed by atoms with van der Waals surface area (Å²) in [6.07, 6.45) is 0. The van der Waals surface area contributed by atoms with Crippen LogP contribution >= 0.6 is 0 Å². The molecular formula is C4H8NO2S-. The maximum Gasteiger partial charge on any atom is 0.0781 e. The summed E-state index contributed by atoms with van der Waals surface area (Å²) in [6, 6.07) is 0. The summed E-state index contributed by atoms with van der Waals surface area (Å²) >= 11 is -2.17. The molecule has 0 aliphatic heterocycles. The van der Waals surface area contributed by atoms with Gasteiger partial charge >= 0.3 is 0 Å². The third kappa shape index (κ3) is 2.76. The molecule has 0 spiro atoms. The Kier molecular flexibility index (Phi) is 3.47. The minimum absolute atomic E-state index is 0.0486. The van der Waals surface area contributed by atoms with Crippen molar-refractivity contribution in [2.45, 2.75) is 6.92 Å². The van der Waals surface area contributed by atoms with E-state index in [1.807, 2.05) is 0 Å². The van der Waals surface area contributed by atoms with Gasteiger partial charge in [-0.15, -0.1) is 0 Å². The predicted molar refractivity (Wildman–Crippen MR) is 31.7 cm³/mol. The Labute approximate surface area is 51.1 Å². The molecule has 8 heavy (non-hydrogen) atoms. The maximum atomic E-state index is 9.93. The van der Waals surface area contributed by atoms with Crippen LogP contribution in [0.3, 0.4) is 0 Å². The Morgan fingerprint density at radius 1 is 2.00 bits per heavy atom. The molecule has 0 aliphatic rings. The van der Waals surface area contributed by atoms with Crippen molar-refractivity contribution in [3.8, 4) is 0 Å². The first-order valence-electron chi connectivity index (χ1n) is 2.20. The van der Waals surface area contributed by atoms with Crippen LogP contribution in [0.25, 0.3) is 0 Å². The molecule has 1 N–H and O–H groups in total. The fraction of sp³-hybridized carbons (Fsp3) is 0.500. The summed E-state index contributed by atoms with van der Waals surface area (Å²) in [7, 11) is 0. The van der Waals surface area contributed by atoms with E-state index in [1.165, 1.54) is 0 Å². The summed E-state index contributed by atoms with van der Waals surface area (Å²) in [5.74, 6) is 0. The van der Waals surface area contributed by atoms with E-state index in [2.05, 4.69) is 11.9 Å². The SMILES string of the molecule is C=C(NCC)S(=O)[O-]. The first-order valence-corrected chi connectivity index (χ1v) is 3.28. The topological polar surface area (TPSA) is 52.2 Å². The third-order valence-corrected chi connectivity index (χ3v) is 1.12. The Bertz CT molecular complexity index is 113. The molecule has 4 heteroatoms. The van der Waals surface area contributed by atoms with E-state index in [0.29, 0.717) is 6.54 Å². The van der Waals surface area contributed by atoms with Crippen molar-refractivity contribution < 1.29 is 8.76 Å². The van der Waals surface area contributed by atoms with Crippen molar-refractivity contribution >= 4 is 11.1 Å². The van der Waals surface area contributed by atoms with E-state index >= 15 is 0 Å². The van der Waals surface area contributed by atoms with Crippen LogP contribution in [0, 0.1) is 0 Å². The lowest BCUT2D eigenvalue weighted by molar-refractivity contribution is 0.540. The molecule has 1 atom stereocenters. The summed E-state index contributed by atoms with van der Waals surface area (Å²) in [5, 5.41) is 2.59. The molecule has 3 nitrogen and oxygen atoms in total. The maximum absolute atomic E-state index is 9.93. The molecule has 1 unspecified atom stereocenters. The second-order valence-corrected chi connectivity index (χ2v) is 2.15. The zero-order chi connectivity index (χ0) is 6.57. The fourth-order valence-corrected chi connectivity index (χ4v) is 0.518. The standard InChI is InChI=1S/C4H9NO2S/c1-3-5-4(2)8(6)7/h5H,2-3H2,1H3,(H,6,7)/p-1. The number of hydrogen-bond donors (Lipinski definition) is 1. The van der Waals surface area contributed by atoms with Gasteiger partial charge in [-0.2, -0.15) is 0 Å². The van der Waals surface area contributed by atoms with Crippen molar-refractivity contribution in [1.29, 1.82) is 0 Å². The molecule has 0 aromatic heterocycles. The van der Waals surface area contributed by atoms with Crippen molar-refractivity contribution in [2.24, 2.45) is 0 Å². The average molecular weight is 134 g/mol. The molecule has 0 aliphatic carbocycles. The van der Waals surface area contributed by atoms with E-state index in [0.717, 1.165) is 0 Å². The second-order valence-electron chi connectivity index (χ2n) is 1.19. The van der Waals surface area contributed by atoms with Gasteiger partial charge in [0, 0.05) is 6.54 Å². The Morgan fingerprint density at radius 2 is 2.50 bits per heavy atom. The zero-order valence-corrected chi connectivity index (χ0v) is 5.46. The highest BCUT2D eigenvalue weighted by molar-refractivity contribution is 7.83. The van der Waals surface area contributed by atoms with Crippen LogP contribution in [0.4, 0.5) is 0 Å².